The Morgan fingerprint density at radius 3 is 2.56 bits per heavy atom. The van der Waals surface area contributed by atoms with E-state index in [1.165, 1.54) is 25.1 Å². The molecule has 6 nitrogen and oxygen atoms in total. The van der Waals surface area contributed by atoms with Gasteiger partial charge in [0.1, 0.15) is 0 Å². The number of hydrogen-bond acceptors (Lipinski definition) is 5. The minimum atomic E-state index is -3.42. The third-order valence-electron chi connectivity index (χ3n) is 2.18. The quantitative estimate of drug-likeness (QED) is 0.657. The zero-order chi connectivity index (χ0) is 13.9. The summed E-state index contributed by atoms with van der Waals surface area (Å²) in [7, 11) is -3.42. The van der Waals surface area contributed by atoms with Crippen molar-refractivity contribution in [2.24, 2.45) is 0 Å². The number of nitrogens with two attached hydrogens (primary N) is 1. The number of amides is 1. The summed E-state index contributed by atoms with van der Waals surface area (Å²) in [4.78, 5) is 11.7. The minimum Gasteiger partial charge on any atom is -0.399 e. The first-order valence-electron chi connectivity index (χ1n) is 5.27. The van der Waals surface area contributed by atoms with Crippen LogP contribution in [0.25, 0.3) is 0 Å². The maximum Gasteiger partial charge on any atom is 0.251 e. The van der Waals surface area contributed by atoms with Crippen molar-refractivity contribution in [1.29, 1.82) is 0 Å². The van der Waals surface area contributed by atoms with E-state index in [0.717, 1.165) is 6.26 Å². The van der Waals surface area contributed by atoms with Crippen LogP contribution in [-0.4, -0.2) is 38.3 Å². The fourth-order valence-electron chi connectivity index (χ4n) is 1.31. The Balaban J connectivity index is 3.03. The zero-order valence-electron chi connectivity index (χ0n) is 10.2. The van der Waals surface area contributed by atoms with Crippen LogP contribution in [0.1, 0.15) is 17.3 Å². The summed E-state index contributed by atoms with van der Waals surface area (Å²) >= 11 is 0. The van der Waals surface area contributed by atoms with Crippen molar-refractivity contribution in [1.82, 2.24) is 5.32 Å². The number of benzene rings is 1. The van der Waals surface area contributed by atoms with Gasteiger partial charge in [-0.3, -0.25) is 4.79 Å². The van der Waals surface area contributed by atoms with Crippen molar-refractivity contribution in [2.45, 2.75) is 17.9 Å². The lowest BCUT2D eigenvalue weighted by Gasteiger charge is -2.09. The number of nitrogens with one attached hydrogen (secondary N) is 1. The van der Waals surface area contributed by atoms with Crippen molar-refractivity contribution in [2.75, 3.05) is 18.5 Å². The van der Waals surface area contributed by atoms with E-state index in [2.05, 4.69) is 5.32 Å². The van der Waals surface area contributed by atoms with Crippen molar-refractivity contribution in [3.63, 3.8) is 0 Å². The highest BCUT2D eigenvalue weighted by molar-refractivity contribution is 7.90. The molecule has 4 N–H and O–H groups in total. The molecule has 1 aromatic carbocycles. The van der Waals surface area contributed by atoms with Gasteiger partial charge in [-0.05, 0) is 25.1 Å². The summed E-state index contributed by atoms with van der Waals surface area (Å²) in [5.41, 5.74) is 5.90. The molecule has 100 valence electrons. The molecule has 0 aliphatic rings. The molecule has 0 heterocycles. The maximum absolute atomic E-state index is 11.7. The smallest absolute Gasteiger partial charge is 0.251 e. The van der Waals surface area contributed by atoms with E-state index in [1.807, 2.05) is 0 Å². The van der Waals surface area contributed by atoms with Crippen LogP contribution in [0.5, 0.6) is 0 Å². The van der Waals surface area contributed by atoms with E-state index < -0.39 is 21.8 Å². The molecule has 1 amide bonds. The van der Waals surface area contributed by atoms with Crippen molar-refractivity contribution in [3.05, 3.63) is 23.8 Å². The molecule has 0 aromatic heterocycles. The van der Waals surface area contributed by atoms with Gasteiger partial charge in [0, 0.05) is 24.1 Å². The van der Waals surface area contributed by atoms with Crippen LogP contribution in [0, 0.1) is 0 Å². The number of anilines is 1. The van der Waals surface area contributed by atoms with E-state index in [0.29, 0.717) is 0 Å². The molecule has 1 rings (SSSR count). The number of sulfone groups is 1. The first-order valence-corrected chi connectivity index (χ1v) is 7.16. The zero-order valence-corrected chi connectivity index (χ0v) is 11.0. The van der Waals surface area contributed by atoms with Gasteiger partial charge < -0.3 is 16.2 Å². The highest BCUT2D eigenvalue weighted by Gasteiger charge is 2.13. The van der Waals surface area contributed by atoms with Gasteiger partial charge in [0.05, 0.1) is 11.0 Å². The predicted octanol–water partition coefficient (Wildman–Crippen LogP) is -0.217. The van der Waals surface area contributed by atoms with Crippen molar-refractivity contribution >= 4 is 21.4 Å². The van der Waals surface area contributed by atoms with E-state index in [-0.39, 0.29) is 22.7 Å². The summed E-state index contributed by atoms with van der Waals surface area (Å²) in [6.45, 7) is 1.61. The molecule has 1 atom stereocenters. The van der Waals surface area contributed by atoms with E-state index >= 15 is 0 Å². The molecule has 1 aromatic rings. The second-order valence-corrected chi connectivity index (χ2v) is 6.14. The lowest BCUT2D eigenvalue weighted by Crippen LogP contribution is -2.30. The summed E-state index contributed by atoms with van der Waals surface area (Å²) in [5.74, 6) is -0.479. The number of carbonyl (C=O) groups excluding carboxylic acids is 1. The van der Waals surface area contributed by atoms with Gasteiger partial charge in [-0.2, -0.15) is 0 Å². The van der Waals surface area contributed by atoms with Crippen LogP contribution in [0.2, 0.25) is 0 Å². The van der Waals surface area contributed by atoms with Gasteiger partial charge >= 0.3 is 0 Å². The fourth-order valence-corrected chi connectivity index (χ4v) is 2.00. The van der Waals surface area contributed by atoms with Crippen molar-refractivity contribution < 1.29 is 18.3 Å². The van der Waals surface area contributed by atoms with Crippen LogP contribution < -0.4 is 11.1 Å². The second-order valence-electron chi connectivity index (χ2n) is 4.12. The predicted molar refractivity (Wildman–Crippen MR) is 68.0 cm³/mol. The van der Waals surface area contributed by atoms with Crippen LogP contribution in [0.4, 0.5) is 5.69 Å². The van der Waals surface area contributed by atoms with Crippen LogP contribution in [0.3, 0.4) is 0 Å². The first kappa shape index (κ1) is 14.5. The lowest BCUT2D eigenvalue weighted by atomic mass is 10.2. The molecule has 0 bridgehead atoms. The second kappa shape index (κ2) is 5.36. The summed E-state index contributed by atoms with van der Waals surface area (Å²) < 4.78 is 22.8. The molecule has 0 radical (unpaired) electrons. The molecule has 18 heavy (non-hydrogen) atoms. The summed E-state index contributed by atoms with van der Waals surface area (Å²) in [6, 6.07) is 3.93. The van der Waals surface area contributed by atoms with E-state index in [1.54, 1.807) is 0 Å². The Kier molecular flexibility index (Phi) is 4.31. The van der Waals surface area contributed by atoms with Crippen LogP contribution in [0.15, 0.2) is 23.1 Å². The monoisotopic (exact) mass is 272 g/mol. The molecule has 0 spiro atoms. The number of rotatable bonds is 4. The Hall–Kier alpha value is -1.60. The Morgan fingerprint density at radius 2 is 2.06 bits per heavy atom. The molecular formula is C11H16N2O4S. The number of aliphatic hydroxyl groups excluding tert-OH is 1. The standard InChI is InChI=1S/C11H16N2O4S/c1-7(14)6-13-11(15)8-3-9(12)5-10(4-8)18(2,16)17/h3-5,7,14H,6,12H2,1-2H3,(H,13,15). The third kappa shape index (κ3) is 4.01. The molecule has 0 saturated heterocycles. The minimum absolute atomic E-state index is 0.00954. The van der Waals surface area contributed by atoms with Crippen LogP contribution >= 0.6 is 0 Å². The van der Waals surface area contributed by atoms with Gasteiger partial charge in [-0.1, -0.05) is 0 Å². The molecule has 0 aliphatic heterocycles. The molecule has 7 heteroatoms. The largest absolute Gasteiger partial charge is 0.399 e. The van der Waals surface area contributed by atoms with Crippen LogP contribution in [-0.2, 0) is 9.84 Å². The average Bonchev–Trinajstić information content (AvgIpc) is 2.23. The van der Waals surface area contributed by atoms with Gasteiger partial charge in [-0.15, -0.1) is 0 Å². The highest BCUT2D eigenvalue weighted by Crippen LogP contribution is 2.16. The number of nitrogen functional groups attached to an aromatic ring is 1. The third-order valence-corrected chi connectivity index (χ3v) is 3.27. The topological polar surface area (TPSA) is 109 Å². The number of carbonyl (C=O) groups is 1. The summed E-state index contributed by atoms with van der Waals surface area (Å²) in [5, 5.41) is 11.5. The molecular weight excluding hydrogens is 256 g/mol. The number of aliphatic hydroxyl groups is 1. The highest BCUT2D eigenvalue weighted by atomic mass is 32.2. The van der Waals surface area contributed by atoms with E-state index in [9.17, 15) is 13.2 Å². The lowest BCUT2D eigenvalue weighted by molar-refractivity contribution is 0.0924. The SMILES string of the molecule is CC(O)CNC(=O)c1cc(N)cc(S(C)(=O)=O)c1. The Morgan fingerprint density at radius 1 is 1.44 bits per heavy atom. The number of hydrogen-bond donors (Lipinski definition) is 3. The maximum atomic E-state index is 11.7. The Labute approximate surface area is 106 Å². The van der Waals surface area contributed by atoms with E-state index in [4.69, 9.17) is 10.8 Å². The molecule has 1 unspecified atom stereocenters. The average molecular weight is 272 g/mol. The Bertz CT molecular complexity index is 552. The van der Waals surface area contributed by atoms with Gasteiger partial charge in [0.2, 0.25) is 0 Å². The fraction of sp³-hybridized carbons (Fsp3) is 0.364. The molecule has 0 saturated carbocycles. The normalized spacial score (nSPS) is 13.1. The van der Waals surface area contributed by atoms with Gasteiger partial charge in [0.15, 0.2) is 9.84 Å². The molecule has 0 aliphatic carbocycles. The van der Waals surface area contributed by atoms with Gasteiger partial charge in [0.25, 0.3) is 5.91 Å². The van der Waals surface area contributed by atoms with Crippen molar-refractivity contribution in [3.8, 4) is 0 Å². The summed E-state index contributed by atoms with van der Waals surface area (Å²) in [6.07, 6.45) is 0.364. The van der Waals surface area contributed by atoms with Gasteiger partial charge in [-0.25, -0.2) is 8.42 Å². The molecule has 0 fully saturated rings. The first-order chi connectivity index (χ1) is 8.20.